The van der Waals surface area contributed by atoms with E-state index in [1.165, 1.54) is 16.7 Å². The summed E-state index contributed by atoms with van der Waals surface area (Å²) in [4.78, 5) is 20.3. The van der Waals surface area contributed by atoms with Crippen molar-refractivity contribution in [1.29, 1.82) is 0 Å². The highest BCUT2D eigenvalue weighted by Gasteiger charge is 2.09. The first kappa shape index (κ1) is 22.8. The largest absolute Gasteiger partial charge is 0.372 e. The third-order valence-electron chi connectivity index (χ3n) is 4.19. The van der Waals surface area contributed by atoms with Gasteiger partial charge in [0.1, 0.15) is 0 Å². The number of hydrogen-bond donors (Lipinski definition) is 1. The van der Waals surface area contributed by atoms with Crippen LogP contribution >= 0.6 is 0 Å². The maximum absolute atomic E-state index is 11.7. The van der Waals surface area contributed by atoms with Crippen molar-refractivity contribution in [1.82, 2.24) is 5.16 Å². The monoisotopic (exact) mass is 380 g/mol. The minimum Gasteiger partial charge on any atom is -0.372 e. The lowest BCUT2D eigenvalue weighted by Gasteiger charge is -2.11. The van der Waals surface area contributed by atoms with Crippen LogP contribution < -0.4 is 11.4 Å². The number of aryl methyl sites for hydroxylation is 2. The summed E-state index contributed by atoms with van der Waals surface area (Å²) < 4.78 is 4.78. The topological polar surface area (TPSA) is 86.2 Å². The van der Waals surface area contributed by atoms with Crippen molar-refractivity contribution >= 4 is 22.8 Å². The van der Waals surface area contributed by atoms with Gasteiger partial charge in [0.15, 0.2) is 0 Å². The van der Waals surface area contributed by atoms with E-state index in [1.54, 1.807) is 0 Å². The molecule has 3 rings (SSSR count). The Balaban J connectivity index is 0.000000717. The van der Waals surface area contributed by atoms with Crippen LogP contribution in [0.5, 0.6) is 0 Å². The van der Waals surface area contributed by atoms with Gasteiger partial charge in [-0.2, -0.15) is 0 Å². The van der Waals surface area contributed by atoms with Gasteiger partial charge in [-0.1, -0.05) is 55.4 Å². The normalized spacial score (nSPS) is 10.4. The molecular formula is C23H28N2O3. The number of nitrogens with zero attached hydrogens (tertiary/aromatic N) is 1. The van der Waals surface area contributed by atoms with Crippen molar-refractivity contribution in [3.8, 4) is 0 Å². The number of benzene rings is 2. The second kappa shape index (κ2) is 11.5. The highest BCUT2D eigenvalue weighted by Crippen LogP contribution is 2.24. The van der Waals surface area contributed by atoms with Crippen molar-refractivity contribution < 1.29 is 9.32 Å². The van der Waals surface area contributed by atoms with Gasteiger partial charge in [0.2, 0.25) is 6.41 Å². The smallest absolute Gasteiger partial charge is 0.366 e. The van der Waals surface area contributed by atoms with Crippen molar-refractivity contribution in [3.63, 3.8) is 0 Å². The van der Waals surface area contributed by atoms with Crippen LogP contribution in [0.2, 0.25) is 0 Å². The van der Waals surface area contributed by atoms with E-state index >= 15 is 0 Å². The van der Waals surface area contributed by atoms with Gasteiger partial charge in [-0.05, 0) is 61.6 Å². The number of amides is 1. The van der Waals surface area contributed by atoms with Crippen LogP contribution in [-0.4, -0.2) is 11.6 Å². The number of primary amides is 1. The zero-order chi connectivity index (χ0) is 21.1. The Bertz CT molecular complexity index is 1000. The molecule has 2 aromatic carbocycles. The third kappa shape index (κ3) is 5.64. The lowest BCUT2D eigenvalue weighted by atomic mass is 9.94. The average Bonchev–Trinajstić information content (AvgIpc) is 2.72. The standard InChI is InChI=1S/C20H19NO2.C2H6.CH3NO/c1-4-16(17-8-6-5-7-13(17)2)11-15-9-10-18-19(12-15)14(3)21-23-20(18)22;1-2;2-1-3/h4-10,12H,11H2,1-3H3;1-2H3;1H,(H2,2,3)/b16-4-;;. The Kier molecular flexibility index (Phi) is 9.37. The minimum atomic E-state index is -0.387. The van der Waals surface area contributed by atoms with E-state index in [0.29, 0.717) is 5.39 Å². The number of allylic oxidation sites excluding steroid dienone is 2. The first-order valence-corrected chi connectivity index (χ1v) is 9.27. The molecule has 0 saturated heterocycles. The molecule has 3 aromatic rings. The third-order valence-corrected chi connectivity index (χ3v) is 4.19. The Morgan fingerprint density at radius 3 is 2.36 bits per heavy atom. The van der Waals surface area contributed by atoms with E-state index < -0.39 is 0 Å². The highest BCUT2D eigenvalue weighted by molar-refractivity contribution is 5.84. The second-order valence-corrected chi connectivity index (χ2v) is 5.88. The summed E-state index contributed by atoms with van der Waals surface area (Å²) in [5.41, 5.74) is 9.47. The van der Waals surface area contributed by atoms with Gasteiger partial charge in [-0.25, -0.2) is 4.79 Å². The Morgan fingerprint density at radius 1 is 1.11 bits per heavy atom. The van der Waals surface area contributed by atoms with E-state index in [2.05, 4.69) is 55.1 Å². The number of rotatable bonds is 3. The first-order chi connectivity index (χ1) is 13.5. The molecule has 5 nitrogen and oxygen atoms in total. The summed E-state index contributed by atoms with van der Waals surface area (Å²) in [7, 11) is 0. The van der Waals surface area contributed by atoms with Crippen LogP contribution in [0.4, 0.5) is 0 Å². The molecule has 2 N–H and O–H groups in total. The SMILES string of the molecule is C/C=C(/Cc1ccc2c(=O)onc(C)c2c1)c1ccccc1C.CC.NC=O. The minimum absolute atomic E-state index is 0.250. The van der Waals surface area contributed by atoms with Crippen LogP contribution in [0.1, 0.15) is 43.2 Å². The molecule has 1 aromatic heterocycles. The van der Waals surface area contributed by atoms with E-state index in [4.69, 9.17) is 9.32 Å². The summed E-state index contributed by atoms with van der Waals surface area (Å²) in [6.07, 6.45) is 3.22. The summed E-state index contributed by atoms with van der Waals surface area (Å²) in [6.45, 7) is 10.0. The van der Waals surface area contributed by atoms with Gasteiger partial charge in [-0.3, -0.25) is 4.79 Å². The van der Waals surface area contributed by atoms with Gasteiger partial charge in [0.25, 0.3) is 0 Å². The first-order valence-electron chi connectivity index (χ1n) is 9.27. The molecule has 0 spiro atoms. The van der Waals surface area contributed by atoms with Crippen LogP contribution in [-0.2, 0) is 11.2 Å². The van der Waals surface area contributed by atoms with Gasteiger partial charge >= 0.3 is 5.63 Å². The summed E-state index contributed by atoms with van der Waals surface area (Å²) in [5.74, 6) is 0. The van der Waals surface area contributed by atoms with E-state index in [-0.39, 0.29) is 12.0 Å². The van der Waals surface area contributed by atoms with E-state index in [9.17, 15) is 4.79 Å². The fraction of sp³-hybridized carbons (Fsp3) is 0.261. The molecule has 0 unspecified atom stereocenters. The molecule has 0 aliphatic carbocycles. The number of fused-ring (bicyclic) bond motifs is 1. The molecule has 1 amide bonds. The molecule has 1 heterocycles. The molecular weight excluding hydrogens is 352 g/mol. The van der Waals surface area contributed by atoms with Crippen LogP contribution in [0.25, 0.3) is 16.3 Å². The van der Waals surface area contributed by atoms with Crippen molar-refractivity contribution in [2.24, 2.45) is 5.73 Å². The molecule has 0 saturated carbocycles. The summed E-state index contributed by atoms with van der Waals surface area (Å²) in [5, 5.41) is 5.26. The van der Waals surface area contributed by atoms with Gasteiger partial charge in [0.05, 0.1) is 11.1 Å². The van der Waals surface area contributed by atoms with Gasteiger partial charge in [-0.15, -0.1) is 0 Å². The van der Waals surface area contributed by atoms with E-state index in [0.717, 1.165) is 23.1 Å². The Hall–Kier alpha value is -3.21. The fourth-order valence-corrected chi connectivity index (χ4v) is 2.89. The number of carbonyl (C=O) groups is 1. The number of nitrogens with two attached hydrogens (primary N) is 1. The maximum atomic E-state index is 11.7. The molecule has 0 radical (unpaired) electrons. The molecule has 0 fully saturated rings. The van der Waals surface area contributed by atoms with Crippen LogP contribution in [0.15, 0.2) is 57.9 Å². The number of aromatic nitrogens is 1. The number of carbonyl (C=O) groups excluding carboxylic acids is 1. The Labute approximate surface area is 165 Å². The van der Waals surface area contributed by atoms with Crippen molar-refractivity contribution in [2.45, 2.75) is 41.0 Å². The van der Waals surface area contributed by atoms with Crippen LogP contribution in [0.3, 0.4) is 0 Å². The maximum Gasteiger partial charge on any atom is 0.366 e. The van der Waals surface area contributed by atoms with Crippen molar-refractivity contribution in [3.05, 3.63) is 81.3 Å². The molecule has 0 bridgehead atoms. The second-order valence-electron chi connectivity index (χ2n) is 5.88. The van der Waals surface area contributed by atoms with Gasteiger partial charge < -0.3 is 10.3 Å². The molecule has 0 atom stereocenters. The quantitative estimate of drug-likeness (QED) is 0.674. The summed E-state index contributed by atoms with van der Waals surface area (Å²) in [6, 6.07) is 14.2. The highest BCUT2D eigenvalue weighted by atomic mass is 16.5. The fourth-order valence-electron chi connectivity index (χ4n) is 2.89. The lowest BCUT2D eigenvalue weighted by molar-refractivity contribution is -0.106. The number of hydrogen-bond acceptors (Lipinski definition) is 4. The van der Waals surface area contributed by atoms with E-state index in [1.807, 2.05) is 39.0 Å². The van der Waals surface area contributed by atoms with Crippen LogP contribution in [0, 0.1) is 13.8 Å². The predicted molar refractivity (Wildman–Crippen MR) is 115 cm³/mol. The molecule has 0 aliphatic heterocycles. The molecule has 0 aliphatic rings. The lowest BCUT2D eigenvalue weighted by Crippen LogP contribution is -2.03. The zero-order valence-corrected chi connectivity index (χ0v) is 17.2. The zero-order valence-electron chi connectivity index (χ0n) is 17.2. The van der Waals surface area contributed by atoms with Crippen molar-refractivity contribution in [2.75, 3.05) is 0 Å². The average molecular weight is 380 g/mol. The molecule has 5 heteroatoms. The molecule has 148 valence electrons. The Morgan fingerprint density at radius 2 is 1.75 bits per heavy atom. The predicted octanol–water partition coefficient (Wildman–Crippen LogP) is 4.58. The van der Waals surface area contributed by atoms with Gasteiger partial charge in [0, 0.05) is 5.39 Å². The molecule has 28 heavy (non-hydrogen) atoms. The summed E-state index contributed by atoms with van der Waals surface area (Å²) >= 11 is 0.